The minimum Gasteiger partial charge on any atom is -0.496 e. The monoisotopic (exact) mass is 364 g/mol. The molecule has 0 saturated carbocycles. The Morgan fingerprint density at radius 2 is 2.09 bits per heavy atom. The molecule has 0 amide bonds. The van der Waals surface area contributed by atoms with Gasteiger partial charge in [-0.15, -0.1) is 12.4 Å². The maximum absolute atomic E-state index is 12.4. The van der Waals surface area contributed by atoms with E-state index in [1.165, 1.54) is 32.4 Å². The molecule has 1 fully saturated rings. The van der Waals surface area contributed by atoms with E-state index in [0.717, 1.165) is 19.4 Å². The zero-order valence-corrected chi connectivity index (χ0v) is 14.6. The number of carbonyl (C=O) groups excluding carboxylic acids is 1. The third-order valence-corrected chi connectivity index (χ3v) is 5.02. The Balaban J connectivity index is 0.00000264. The number of nitrogens with one attached hydrogen (secondary N) is 2. The van der Waals surface area contributed by atoms with Crippen LogP contribution in [0.15, 0.2) is 23.1 Å². The fraction of sp³-hybridized carbons (Fsp3) is 0.500. The van der Waals surface area contributed by atoms with Gasteiger partial charge < -0.3 is 14.8 Å². The van der Waals surface area contributed by atoms with E-state index in [2.05, 4.69) is 14.8 Å². The quantitative estimate of drug-likeness (QED) is 0.755. The molecule has 0 radical (unpaired) electrons. The number of methoxy groups -OCH3 is 2. The predicted molar refractivity (Wildman–Crippen MR) is 87.8 cm³/mol. The number of esters is 1. The molecule has 1 unspecified atom stereocenters. The highest BCUT2D eigenvalue weighted by Gasteiger charge is 2.24. The molecule has 0 aliphatic carbocycles. The minimum atomic E-state index is -3.70. The molecule has 7 nitrogen and oxygen atoms in total. The van der Waals surface area contributed by atoms with Crippen LogP contribution in [0.5, 0.6) is 5.75 Å². The Morgan fingerprint density at radius 1 is 1.35 bits per heavy atom. The second kappa shape index (κ2) is 8.49. The number of sulfonamides is 1. The van der Waals surface area contributed by atoms with Crippen molar-refractivity contribution in [2.24, 2.45) is 0 Å². The van der Waals surface area contributed by atoms with Crippen LogP contribution in [0.2, 0.25) is 0 Å². The van der Waals surface area contributed by atoms with Gasteiger partial charge in [-0.2, -0.15) is 0 Å². The molecular weight excluding hydrogens is 344 g/mol. The van der Waals surface area contributed by atoms with E-state index in [4.69, 9.17) is 4.74 Å². The van der Waals surface area contributed by atoms with Gasteiger partial charge >= 0.3 is 5.97 Å². The molecular formula is C14H21ClN2O5S. The first kappa shape index (κ1) is 19.7. The molecule has 1 aromatic carbocycles. The Morgan fingerprint density at radius 3 is 2.65 bits per heavy atom. The Hall–Kier alpha value is -1.35. The summed E-state index contributed by atoms with van der Waals surface area (Å²) in [6.45, 7) is 1.49. The zero-order chi connectivity index (χ0) is 16.2. The van der Waals surface area contributed by atoms with E-state index < -0.39 is 16.0 Å². The second-order valence-electron chi connectivity index (χ2n) is 5.02. The molecule has 0 spiro atoms. The van der Waals surface area contributed by atoms with Crippen molar-refractivity contribution in [1.29, 1.82) is 0 Å². The van der Waals surface area contributed by atoms with Gasteiger partial charge in [-0.3, -0.25) is 0 Å². The summed E-state index contributed by atoms with van der Waals surface area (Å²) < 4.78 is 37.2. The summed E-state index contributed by atoms with van der Waals surface area (Å²) in [5.41, 5.74) is 0.0784. The summed E-state index contributed by atoms with van der Waals surface area (Å²) in [7, 11) is -1.07. The van der Waals surface area contributed by atoms with Gasteiger partial charge in [0.05, 0.1) is 19.1 Å². The number of carbonyl (C=O) groups is 1. The van der Waals surface area contributed by atoms with Crippen LogP contribution in [0.4, 0.5) is 0 Å². The smallest absolute Gasteiger partial charge is 0.341 e. The van der Waals surface area contributed by atoms with Gasteiger partial charge in [-0.25, -0.2) is 17.9 Å². The molecule has 2 N–H and O–H groups in total. The number of hydrogen-bond donors (Lipinski definition) is 2. The number of benzene rings is 1. The van der Waals surface area contributed by atoms with Crippen LogP contribution in [-0.4, -0.2) is 47.7 Å². The van der Waals surface area contributed by atoms with E-state index in [1.807, 2.05) is 0 Å². The van der Waals surface area contributed by atoms with Gasteiger partial charge in [0.25, 0.3) is 0 Å². The van der Waals surface area contributed by atoms with Gasteiger partial charge in [0, 0.05) is 12.6 Å². The normalized spacial score (nSPS) is 17.9. The first-order valence-electron chi connectivity index (χ1n) is 6.97. The fourth-order valence-electron chi connectivity index (χ4n) is 2.36. The second-order valence-corrected chi connectivity index (χ2v) is 6.73. The summed E-state index contributed by atoms with van der Waals surface area (Å²) in [4.78, 5) is 11.7. The van der Waals surface area contributed by atoms with Crippen LogP contribution in [0.3, 0.4) is 0 Å². The lowest BCUT2D eigenvalue weighted by Crippen LogP contribution is -2.45. The van der Waals surface area contributed by atoms with Crippen LogP contribution in [0, 0.1) is 0 Å². The molecule has 23 heavy (non-hydrogen) atoms. The molecule has 0 aromatic heterocycles. The molecule has 130 valence electrons. The summed E-state index contributed by atoms with van der Waals surface area (Å²) in [5, 5.41) is 3.14. The highest BCUT2D eigenvalue weighted by atomic mass is 35.5. The predicted octanol–water partition coefficient (Wildman–Crippen LogP) is 0.934. The highest BCUT2D eigenvalue weighted by molar-refractivity contribution is 7.89. The van der Waals surface area contributed by atoms with E-state index in [9.17, 15) is 13.2 Å². The van der Waals surface area contributed by atoms with Crippen LogP contribution in [0.1, 0.15) is 23.2 Å². The van der Waals surface area contributed by atoms with Crippen molar-refractivity contribution in [1.82, 2.24) is 10.0 Å². The number of hydrogen-bond acceptors (Lipinski definition) is 6. The number of piperidine rings is 1. The average Bonchev–Trinajstić information content (AvgIpc) is 2.54. The van der Waals surface area contributed by atoms with Crippen LogP contribution < -0.4 is 14.8 Å². The third-order valence-electron chi connectivity index (χ3n) is 3.51. The number of rotatable bonds is 5. The van der Waals surface area contributed by atoms with Crippen molar-refractivity contribution in [3.05, 3.63) is 23.8 Å². The molecule has 1 aromatic rings. The lowest BCUT2D eigenvalue weighted by molar-refractivity contribution is 0.0597. The van der Waals surface area contributed by atoms with E-state index in [1.54, 1.807) is 0 Å². The largest absolute Gasteiger partial charge is 0.496 e. The summed E-state index contributed by atoms with van der Waals surface area (Å²) in [6.07, 6.45) is 1.70. The van der Waals surface area contributed by atoms with E-state index in [0.29, 0.717) is 6.54 Å². The SMILES string of the molecule is COC(=O)c1cc(S(=O)(=O)NC2CCCNC2)ccc1OC.Cl. The van der Waals surface area contributed by atoms with Gasteiger partial charge in [0.2, 0.25) is 10.0 Å². The lowest BCUT2D eigenvalue weighted by atomic mass is 10.1. The third kappa shape index (κ3) is 4.81. The maximum Gasteiger partial charge on any atom is 0.341 e. The summed E-state index contributed by atoms with van der Waals surface area (Å²) in [5.74, 6) is -0.377. The standard InChI is InChI=1S/C14H20N2O5S.ClH/c1-20-13-6-5-11(8-12(13)14(17)21-2)22(18,19)16-10-4-3-7-15-9-10;/h5-6,8,10,15-16H,3-4,7,9H2,1-2H3;1H. The molecule has 1 saturated heterocycles. The van der Waals surface area contributed by atoms with Crippen molar-refractivity contribution in [2.75, 3.05) is 27.3 Å². The molecule has 2 rings (SSSR count). The van der Waals surface area contributed by atoms with Gasteiger partial charge in [-0.05, 0) is 37.6 Å². The molecule has 1 aliphatic rings. The molecule has 1 aliphatic heterocycles. The van der Waals surface area contributed by atoms with E-state index >= 15 is 0 Å². The number of halogens is 1. The summed E-state index contributed by atoms with van der Waals surface area (Å²) >= 11 is 0. The van der Waals surface area contributed by atoms with Crippen molar-refractivity contribution in [2.45, 2.75) is 23.8 Å². The van der Waals surface area contributed by atoms with Crippen LogP contribution >= 0.6 is 12.4 Å². The highest BCUT2D eigenvalue weighted by Crippen LogP contribution is 2.23. The fourth-order valence-corrected chi connectivity index (χ4v) is 3.66. The molecule has 9 heteroatoms. The van der Waals surface area contributed by atoms with Gasteiger partial charge in [0.1, 0.15) is 11.3 Å². The minimum absolute atomic E-state index is 0. The Labute approximate surface area is 142 Å². The first-order chi connectivity index (χ1) is 10.5. The summed E-state index contributed by atoms with van der Waals surface area (Å²) in [6, 6.07) is 3.97. The van der Waals surface area contributed by atoms with Crippen LogP contribution in [0.25, 0.3) is 0 Å². The van der Waals surface area contributed by atoms with E-state index in [-0.39, 0.29) is 34.7 Å². The Bertz CT molecular complexity index is 645. The average molecular weight is 365 g/mol. The molecule has 0 bridgehead atoms. The van der Waals surface area contributed by atoms with Gasteiger partial charge in [-0.1, -0.05) is 0 Å². The van der Waals surface area contributed by atoms with Crippen LogP contribution in [-0.2, 0) is 14.8 Å². The maximum atomic E-state index is 12.4. The van der Waals surface area contributed by atoms with Gasteiger partial charge in [0.15, 0.2) is 0 Å². The molecule has 1 atom stereocenters. The van der Waals surface area contributed by atoms with Crippen molar-refractivity contribution >= 4 is 28.4 Å². The van der Waals surface area contributed by atoms with Crippen molar-refractivity contribution in [3.8, 4) is 5.75 Å². The lowest BCUT2D eigenvalue weighted by Gasteiger charge is -2.23. The first-order valence-corrected chi connectivity index (χ1v) is 8.45. The topological polar surface area (TPSA) is 93.7 Å². The molecule has 1 heterocycles. The van der Waals surface area contributed by atoms with Crippen molar-refractivity contribution < 1.29 is 22.7 Å². The zero-order valence-electron chi connectivity index (χ0n) is 13.0. The van der Waals surface area contributed by atoms with Crippen molar-refractivity contribution in [3.63, 3.8) is 0 Å². The Kier molecular flexibility index (Phi) is 7.27. The number of ether oxygens (including phenoxy) is 2.